The molecule has 0 saturated heterocycles. The Balaban J connectivity index is 1.61. The van der Waals surface area contributed by atoms with E-state index < -0.39 is 0 Å². The minimum absolute atomic E-state index is 0.244. The lowest BCUT2D eigenvalue weighted by atomic mass is 10.1. The Morgan fingerprint density at radius 3 is 2.61 bits per heavy atom. The first-order valence-corrected chi connectivity index (χ1v) is 8.31. The normalized spacial score (nSPS) is 10.6. The molecule has 4 nitrogen and oxygen atoms in total. The average Bonchev–Trinajstić information content (AvgIpc) is 2.59. The fraction of sp³-hybridized carbons (Fsp3) is 0.111. The lowest BCUT2D eigenvalue weighted by molar-refractivity contribution is 0.0951. The number of hydrogen-bond acceptors (Lipinski definition) is 3. The second-order valence-corrected chi connectivity index (χ2v) is 6.19. The molecule has 0 aliphatic rings. The van der Waals surface area contributed by atoms with Gasteiger partial charge >= 0.3 is 0 Å². The summed E-state index contributed by atoms with van der Waals surface area (Å²) in [6, 6.07) is 18.9. The van der Waals surface area contributed by atoms with Crippen molar-refractivity contribution in [3.8, 4) is 0 Å². The Morgan fingerprint density at radius 2 is 1.78 bits per heavy atom. The molecule has 0 unspecified atom stereocenters. The summed E-state index contributed by atoms with van der Waals surface area (Å²) >= 11 is 1.68. The molecule has 0 saturated carbocycles. The Hall–Kier alpha value is -2.53. The summed E-state index contributed by atoms with van der Waals surface area (Å²) in [7, 11) is 0. The number of aromatic amines is 1. The van der Waals surface area contributed by atoms with Crippen molar-refractivity contribution >= 4 is 28.4 Å². The summed E-state index contributed by atoms with van der Waals surface area (Å²) in [5.41, 5.74) is 0.0466. The first kappa shape index (κ1) is 15.4. The van der Waals surface area contributed by atoms with E-state index in [1.54, 1.807) is 30.0 Å². The molecule has 2 aromatic carbocycles. The van der Waals surface area contributed by atoms with Gasteiger partial charge in [0.2, 0.25) is 0 Å². The molecular weight excluding hydrogens is 308 g/mol. The average molecular weight is 324 g/mol. The molecule has 0 radical (unpaired) electrons. The Bertz CT molecular complexity index is 875. The highest BCUT2D eigenvalue weighted by atomic mass is 32.2. The van der Waals surface area contributed by atoms with Crippen LogP contribution in [-0.4, -0.2) is 23.2 Å². The van der Waals surface area contributed by atoms with Crippen LogP contribution in [0.5, 0.6) is 0 Å². The largest absolute Gasteiger partial charge is 0.350 e. The quantitative estimate of drug-likeness (QED) is 0.560. The number of carbonyl (C=O) groups excluding carboxylic acids is 1. The number of amides is 1. The van der Waals surface area contributed by atoms with Crippen LogP contribution in [0.3, 0.4) is 0 Å². The summed E-state index contributed by atoms with van der Waals surface area (Å²) in [6.45, 7) is 0.535. The van der Waals surface area contributed by atoms with Crippen LogP contribution < -0.4 is 10.9 Å². The number of benzene rings is 2. The first-order chi connectivity index (χ1) is 11.2. The highest BCUT2D eigenvalue weighted by molar-refractivity contribution is 7.99. The topological polar surface area (TPSA) is 62.0 Å². The molecule has 0 atom stereocenters. The van der Waals surface area contributed by atoms with Gasteiger partial charge in [-0.3, -0.25) is 9.59 Å². The number of rotatable bonds is 5. The van der Waals surface area contributed by atoms with E-state index in [0.717, 1.165) is 11.1 Å². The van der Waals surface area contributed by atoms with Crippen LogP contribution in [0.15, 0.2) is 70.4 Å². The van der Waals surface area contributed by atoms with E-state index in [2.05, 4.69) is 10.3 Å². The highest BCUT2D eigenvalue weighted by Gasteiger charge is 2.08. The van der Waals surface area contributed by atoms with Crippen LogP contribution in [-0.2, 0) is 0 Å². The molecule has 2 N–H and O–H groups in total. The van der Waals surface area contributed by atoms with E-state index in [9.17, 15) is 9.59 Å². The SMILES string of the molecule is O=C(NCCSc1ccccc1)c1cc2ccccc2c(=O)[nH]1. The number of carbonyl (C=O) groups is 1. The van der Waals surface area contributed by atoms with E-state index in [4.69, 9.17) is 0 Å². The van der Waals surface area contributed by atoms with Crippen LogP contribution >= 0.6 is 11.8 Å². The van der Waals surface area contributed by atoms with E-state index in [-0.39, 0.29) is 11.5 Å². The zero-order valence-electron chi connectivity index (χ0n) is 12.4. The van der Waals surface area contributed by atoms with Crippen molar-refractivity contribution in [2.45, 2.75) is 4.90 Å². The Labute approximate surface area is 137 Å². The van der Waals surface area contributed by atoms with Gasteiger partial charge in [-0.15, -0.1) is 11.8 Å². The molecule has 1 aromatic heterocycles. The number of aromatic nitrogens is 1. The van der Waals surface area contributed by atoms with Crippen LogP contribution in [0.4, 0.5) is 0 Å². The summed E-state index contributed by atoms with van der Waals surface area (Å²) in [6.07, 6.45) is 0. The van der Waals surface area contributed by atoms with Gasteiger partial charge in [-0.1, -0.05) is 36.4 Å². The van der Waals surface area contributed by atoms with Gasteiger partial charge in [-0.2, -0.15) is 0 Å². The lowest BCUT2D eigenvalue weighted by Gasteiger charge is -2.06. The lowest BCUT2D eigenvalue weighted by Crippen LogP contribution is -2.28. The molecule has 1 heterocycles. The fourth-order valence-corrected chi connectivity index (χ4v) is 3.07. The van der Waals surface area contributed by atoms with E-state index in [0.29, 0.717) is 17.6 Å². The maximum Gasteiger partial charge on any atom is 0.267 e. The van der Waals surface area contributed by atoms with Crippen molar-refractivity contribution in [3.05, 3.63) is 76.7 Å². The molecule has 1 amide bonds. The van der Waals surface area contributed by atoms with Crippen molar-refractivity contribution in [1.29, 1.82) is 0 Å². The molecule has 3 aromatic rings. The fourth-order valence-electron chi connectivity index (χ4n) is 2.28. The third-order valence-electron chi connectivity index (χ3n) is 3.40. The van der Waals surface area contributed by atoms with Gasteiger partial charge in [0.05, 0.1) is 0 Å². The summed E-state index contributed by atoms with van der Waals surface area (Å²) < 4.78 is 0. The second-order valence-electron chi connectivity index (χ2n) is 5.02. The molecule has 0 aliphatic heterocycles. The van der Waals surface area contributed by atoms with Gasteiger partial charge in [0.25, 0.3) is 11.5 Å². The van der Waals surface area contributed by atoms with E-state index >= 15 is 0 Å². The van der Waals surface area contributed by atoms with Gasteiger partial charge in [-0.05, 0) is 29.7 Å². The minimum Gasteiger partial charge on any atom is -0.350 e. The predicted octanol–water partition coefficient (Wildman–Crippen LogP) is 3.05. The molecule has 0 spiro atoms. The third kappa shape index (κ3) is 3.81. The maximum absolute atomic E-state index is 12.2. The zero-order chi connectivity index (χ0) is 16.1. The monoisotopic (exact) mass is 324 g/mol. The van der Waals surface area contributed by atoms with Crippen LogP contribution in [0.2, 0.25) is 0 Å². The molecule has 0 bridgehead atoms. The van der Waals surface area contributed by atoms with Crippen LogP contribution in [0, 0.1) is 0 Å². The van der Waals surface area contributed by atoms with Gasteiger partial charge in [0, 0.05) is 22.6 Å². The van der Waals surface area contributed by atoms with Crippen LogP contribution in [0.25, 0.3) is 10.8 Å². The molecular formula is C18H16N2O2S. The van der Waals surface area contributed by atoms with Crippen molar-refractivity contribution in [2.75, 3.05) is 12.3 Å². The zero-order valence-corrected chi connectivity index (χ0v) is 13.2. The number of nitrogens with one attached hydrogen (secondary N) is 2. The highest BCUT2D eigenvalue weighted by Crippen LogP contribution is 2.16. The summed E-state index contributed by atoms with van der Waals surface area (Å²) in [5, 5.41) is 4.18. The number of hydrogen-bond donors (Lipinski definition) is 2. The van der Waals surface area contributed by atoms with Gasteiger partial charge in [0.1, 0.15) is 5.69 Å². The van der Waals surface area contributed by atoms with Gasteiger partial charge in [-0.25, -0.2) is 0 Å². The van der Waals surface area contributed by atoms with Gasteiger partial charge < -0.3 is 10.3 Å². The summed E-state index contributed by atoms with van der Waals surface area (Å²) in [4.78, 5) is 27.9. The number of pyridine rings is 1. The Kier molecular flexibility index (Phi) is 4.78. The molecule has 3 rings (SSSR count). The van der Waals surface area contributed by atoms with Crippen molar-refractivity contribution < 1.29 is 4.79 Å². The molecule has 116 valence electrons. The summed E-state index contributed by atoms with van der Waals surface area (Å²) in [5.74, 6) is 0.509. The Morgan fingerprint density at radius 1 is 1.04 bits per heavy atom. The van der Waals surface area contributed by atoms with Crippen molar-refractivity contribution in [1.82, 2.24) is 10.3 Å². The number of thioether (sulfide) groups is 1. The molecule has 0 fully saturated rings. The molecule has 5 heteroatoms. The number of H-pyrrole nitrogens is 1. The van der Waals surface area contributed by atoms with Gasteiger partial charge in [0.15, 0.2) is 0 Å². The predicted molar refractivity (Wildman–Crippen MR) is 94.1 cm³/mol. The standard InChI is InChI=1S/C18H16N2O2S/c21-17-15-9-5-4-6-13(15)12-16(20-17)18(22)19-10-11-23-14-7-2-1-3-8-14/h1-9,12H,10-11H2,(H,19,22)(H,20,21). The smallest absolute Gasteiger partial charge is 0.267 e. The number of fused-ring (bicyclic) bond motifs is 1. The van der Waals surface area contributed by atoms with Crippen molar-refractivity contribution in [3.63, 3.8) is 0 Å². The third-order valence-corrected chi connectivity index (χ3v) is 4.41. The van der Waals surface area contributed by atoms with E-state index in [1.807, 2.05) is 42.5 Å². The van der Waals surface area contributed by atoms with E-state index in [1.165, 1.54) is 4.90 Å². The first-order valence-electron chi connectivity index (χ1n) is 7.32. The molecule has 23 heavy (non-hydrogen) atoms. The maximum atomic E-state index is 12.2. The molecule has 0 aliphatic carbocycles. The minimum atomic E-state index is -0.262. The van der Waals surface area contributed by atoms with Crippen molar-refractivity contribution in [2.24, 2.45) is 0 Å². The van der Waals surface area contributed by atoms with Crippen LogP contribution in [0.1, 0.15) is 10.5 Å². The second kappa shape index (κ2) is 7.15.